The van der Waals surface area contributed by atoms with Crippen molar-refractivity contribution in [2.75, 3.05) is 26.2 Å². The molecule has 21 heavy (non-hydrogen) atoms. The summed E-state index contributed by atoms with van der Waals surface area (Å²) in [4.78, 5) is 5.37. The molecule has 1 aliphatic heterocycles. The van der Waals surface area contributed by atoms with E-state index in [4.69, 9.17) is 0 Å². The molecule has 2 unspecified atom stereocenters. The molecule has 0 amide bonds. The summed E-state index contributed by atoms with van der Waals surface area (Å²) in [6, 6.07) is 9.58. The summed E-state index contributed by atoms with van der Waals surface area (Å²) in [7, 11) is 0. The zero-order valence-electron chi connectivity index (χ0n) is 13.1. The van der Waals surface area contributed by atoms with E-state index in [0.717, 1.165) is 18.5 Å². The summed E-state index contributed by atoms with van der Waals surface area (Å²) in [5.74, 6) is 0.898. The molecule has 0 aromatic heterocycles. The fraction of sp³-hybridized carbons (Fsp3) is 0.667. The Morgan fingerprint density at radius 1 is 1.10 bits per heavy atom. The van der Waals surface area contributed by atoms with Crippen molar-refractivity contribution in [3.8, 4) is 0 Å². The van der Waals surface area contributed by atoms with Gasteiger partial charge < -0.3 is 0 Å². The number of halogens is 1. The number of rotatable bonds is 3. The molecule has 2 atom stereocenters. The highest BCUT2D eigenvalue weighted by molar-refractivity contribution is 9.10. The van der Waals surface area contributed by atoms with E-state index in [1.165, 1.54) is 61.9 Å². The van der Waals surface area contributed by atoms with E-state index >= 15 is 0 Å². The van der Waals surface area contributed by atoms with Crippen LogP contribution in [0.5, 0.6) is 0 Å². The van der Waals surface area contributed by atoms with Crippen molar-refractivity contribution < 1.29 is 0 Å². The topological polar surface area (TPSA) is 6.48 Å². The minimum absolute atomic E-state index is 0.853. The van der Waals surface area contributed by atoms with Crippen LogP contribution in [0.3, 0.4) is 0 Å². The summed E-state index contributed by atoms with van der Waals surface area (Å²) in [6.45, 7) is 8.49. The molecule has 0 N–H and O–H groups in total. The lowest BCUT2D eigenvalue weighted by Gasteiger charge is -2.43. The van der Waals surface area contributed by atoms with E-state index in [-0.39, 0.29) is 0 Å². The first-order valence-corrected chi connectivity index (χ1v) is 9.22. The fourth-order valence-corrected chi connectivity index (χ4v) is 4.43. The number of nitrogens with zero attached hydrogens (tertiary/aromatic N) is 2. The minimum Gasteiger partial charge on any atom is -0.298 e. The summed E-state index contributed by atoms with van der Waals surface area (Å²) < 4.78 is 1.19. The van der Waals surface area contributed by atoms with E-state index in [1.54, 1.807) is 0 Å². The van der Waals surface area contributed by atoms with Crippen LogP contribution in [0.15, 0.2) is 28.7 Å². The Bertz CT molecular complexity index is 454. The standard InChI is InChI=1S/C18H27BrN2/c1-15-5-2-3-8-18(15)21-11-9-20(10-12-21)14-16-6-4-7-17(19)13-16/h4,6-7,13,15,18H,2-3,5,8-12,14H2,1H3. The molecule has 1 aliphatic carbocycles. The van der Waals surface area contributed by atoms with Gasteiger partial charge in [0.15, 0.2) is 0 Å². The predicted molar refractivity (Wildman–Crippen MR) is 92.4 cm³/mol. The molecule has 116 valence electrons. The lowest BCUT2D eigenvalue weighted by atomic mass is 9.84. The van der Waals surface area contributed by atoms with Crippen molar-refractivity contribution in [2.45, 2.75) is 45.2 Å². The smallest absolute Gasteiger partial charge is 0.0235 e. The van der Waals surface area contributed by atoms with Crippen LogP contribution in [-0.4, -0.2) is 42.0 Å². The first-order valence-electron chi connectivity index (χ1n) is 8.43. The van der Waals surface area contributed by atoms with Gasteiger partial charge >= 0.3 is 0 Å². The van der Waals surface area contributed by atoms with Crippen LogP contribution in [0.1, 0.15) is 38.2 Å². The van der Waals surface area contributed by atoms with Crippen molar-refractivity contribution in [1.82, 2.24) is 9.80 Å². The van der Waals surface area contributed by atoms with Gasteiger partial charge in [0, 0.05) is 43.2 Å². The Labute approximate surface area is 137 Å². The van der Waals surface area contributed by atoms with E-state index in [9.17, 15) is 0 Å². The average Bonchev–Trinajstić information content (AvgIpc) is 2.49. The number of hydrogen-bond donors (Lipinski definition) is 0. The number of benzene rings is 1. The van der Waals surface area contributed by atoms with Gasteiger partial charge in [0.25, 0.3) is 0 Å². The number of hydrogen-bond acceptors (Lipinski definition) is 2. The van der Waals surface area contributed by atoms with Crippen LogP contribution in [-0.2, 0) is 6.54 Å². The van der Waals surface area contributed by atoms with Crippen LogP contribution < -0.4 is 0 Å². The predicted octanol–water partition coefficient (Wildman–Crippen LogP) is 4.15. The molecular weight excluding hydrogens is 324 g/mol. The molecular formula is C18H27BrN2. The van der Waals surface area contributed by atoms with Gasteiger partial charge in [-0.25, -0.2) is 0 Å². The van der Waals surface area contributed by atoms with Gasteiger partial charge in [0.2, 0.25) is 0 Å². The van der Waals surface area contributed by atoms with E-state index < -0.39 is 0 Å². The third kappa shape index (κ3) is 4.08. The van der Waals surface area contributed by atoms with Crippen molar-refractivity contribution in [1.29, 1.82) is 0 Å². The van der Waals surface area contributed by atoms with E-state index in [0.29, 0.717) is 0 Å². The third-order valence-corrected chi connectivity index (χ3v) is 5.73. The Hall–Kier alpha value is -0.380. The average molecular weight is 351 g/mol. The van der Waals surface area contributed by atoms with Gasteiger partial charge in [-0.2, -0.15) is 0 Å². The maximum Gasteiger partial charge on any atom is 0.0235 e. The van der Waals surface area contributed by atoms with Gasteiger partial charge in [0.1, 0.15) is 0 Å². The SMILES string of the molecule is CC1CCCCC1N1CCN(Cc2cccc(Br)c2)CC1. The van der Waals surface area contributed by atoms with Crippen molar-refractivity contribution in [3.63, 3.8) is 0 Å². The first kappa shape index (κ1) is 15.5. The Morgan fingerprint density at radius 3 is 2.57 bits per heavy atom. The lowest BCUT2D eigenvalue weighted by Crippen LogP contribution is -2.52. The fourth-order valence-electron chi connectivity index (χ4n) is 3.99. The van der Waals surface area contributed by atoms with E-state index in [1.807, 2.05) is 0 Å². The highest BCUT2D eigenvalue weighted by Crippen LogP contribution is 2.28. The third-order valence-electron chi connectivity index (χ3n) is 5.24. The molecule has 0 radical (unpaired) electrons. The second-order valence-electron chi connectivity index (χ2n) is 6.77. The molecule has 0 spiro atoms. The number of piperazine rings is 1. The summed E-state index contributed by atoms with van der Waals surface area (Å²) in [5, 5.41) is 0. The summed E-state index contributed by atoms with van der Waals surface area (Å²) >= 11 is 3.57. The van der Waals surface area contributed by atoms with Crippen molar-refractivity contribution in [2.24, 2.45) is 5.92 Å². The quantitative estimate of drug-likeness (QED) is 0.807. The van der Waals surface area contributed by atoms with Crippen LogP contribution in [0.2, 0.25) is 0 Å². The van der Waals surface area contributed by atoms with Gasteiger partial charge in [0.05, 0.1) is 0 Å². The maximum absolute atomic E-state index is 3.57. The normalized spacial score (nSPS) is 28.7. The first-order chi connectivity index (χ1) is 10.2. The highest BCUT2D eigenvalue weighted by atomic mass is 79.9. The molecule has 1 aromatic carbocycles. The van der Waals surface area contributed by atoms with Crippen molar-refractivity contribution >= 4 is 15.9 Å². The molecule has 2 nitrogen and oxygen atoms in total. The molecule has 3 rings (SSSR count). The van der Waals surface area contributed by atoms with Gasteiger partial charge in [-0.15, -0.1) is 0 Å². The Morgan fingerprint density at radius 2 is 1.86 bits per heavy atom. The monoisotopic (exact) mass is 350 g/mol. The second-order valence-corrected chi connectivity index (χ2v) is 7.69. The molecule has 1 saturated heterocycles. The van der Waals surface area contributed by atoms with Crippen LogP contribution in [0.25, 0.3) is 0 Å². The molecule has 0 bridgehead atoms. The van der Waals surface area contributed by atoms with Crippen LogP contribution >= 0.6 is 15.9 Å². The van der Waals surface area contributed by atoms with Gasteiger partial charge in [-0.05, 0) is 36.5 Å². The summed E-state index contributed by atoms with van der Waals surface area (Å²) in [5.41, 5.74) is 1.42. The van der Waals surface area contributed by atoms with Gasteiger partial charge in [-0.3, -0.25) is 9.80 Å². The minimum atomic E-state index is 0.853. The van der Waals surface area contributed by atoms with E-state index in [2.05, 4.69) is 56.9 Å². The highest BCUT2D eigenvalue weighted by Gasteiger charge is 2.29. The van der Waals surface area contributed by atoms with Crippen molar-refractivity contribution in [3.05, 3.63) is 34.3 Å². The summed E-state index contributed by atoms with van der Waals surface area (Å²) in [6.07, 6.45) is 5.74. The zero-order chi connectivity index (χ0) is 14.7. The van der Waals surface area contributed by atoms with Crippen LogP contribution in [0, 0.1) is 5.92 Å². The Kier molecular flexibility index (Phi) is 5.36. The molecule has 1 heterocycles. The lowest BCUT2D eigenvalue weighted by molar-refractivity contribution is 0.0518. The second kappa shape index (κ2) is 7.26. The maximum atomic E-state index is 3.57. The molecule has 1 saturated carbocycles. The molecule has 1 aromatic rings. The largest absolute Gasteiger partial charge is 0.298 e. The van der Waals surface area contributed by atoms with Crippen LogP contribution in [0.4, 0.5) is 0 Å². The molecule has 2 aliphatic rings. The molecule has 2 fully saturated rings. The zero-order valence-corrected chi connectivity index (χ0v) is 14.7. The van der Waals surface area contributed by atoms with Gasteiger partial charge in [-0.1, -0.05) is 47.8 Å². The molecule has 3 heteroatoms. The Balaban J connectivity index is 1.50.